The summed E-state index contributed by atoms with van der Waals surface area (Å²) in [4.78, 5) is 44.4. The lowest BCUT2D eigenvalue weighted by Gasteiger charge is -2.22. The van der Waals surface area contributed by atoms with Crippen molar-refractivity contribution < 1.29 is 14.3 Å². The molecule has 0 saturated heterocycles. The van der Waals surface area contributed by atoms with Gasteiger partial charge >= 0.3 is 5.97 Å². The van der Waals surface area contributed by atoms with Crippen molar-refractivity contribution in [2.24, 2.45) is 0 Å². The molecule has 3 rings (SSSR count). The van der Waals surface area contributed by atoms with Crippen LogP contribution in [0.15, 0.2) is 40.3 Å². The van der Waals surface area contributed by atoms with Crippen LogP contribution in [0.1, 0.15) is 18.2 Å². The molecule has 1 N–H and O–H groups in total. The maximum absolute atomic E-state index is 12.7. The largest absolute Gasteiger partial charge is 0.469 e. The van der Waals surface area contributed by atoms with Crippen LogP contribution in [0.4, 0.5) is 5.69 Å². The summed E-state index contributed by atoms with van der Waals surface area (Å²) in [6.45, 7) is 2.01. The molecule has 136 valence electrons. The van der Waals surface area contributed by atoms with Gasteiger partial charge in [-0.3, -0.25) is 14.4 Å². The number of thioether (sulfide) groups is 1. The number of rotatable bonds is 5. The summed E-state index contributed by atoms with van der Waals surface area (Å²) in [5, 5.41) is 0.310. The van der Waals surface area contributed by atoms with Gasteiger partial charge in [-0.15, -0.1) is 0 Å². The molecular formula is C18H19N3O4S. The third-order valence-electron chi connectivity index (χ3n) is 4.13. The molecular weight excluding hydrogens is 354 g/mol. The Morgan fingerprint density at radius 3 is 2.92 bits per heavy atom. The molecule has 26 heavy (non-hydrogen) atoms. The first-order chi connectivity index (χ1) is 12.5. The molecule has 1 aliphatic heterocycles. The number of carbonyl (C=O) groups excluding carboxylic acids is 2. The van der Waals surface area contributed by atoms with E-state index in [1.54, 1.807) is 4.90 Å². The number of hydrogen-bond acceptors (Lipinski definition) is 6. The van der Waals surface area contributed by atoms with Gasteiger partial charge in [-0.2, -0.15) is 0 Å². The molecule has 1 aromatic carbocycles. The summed E-state index contributed by atoms with van der Waals surface area (Å²) in [6, 6.07) is 9.20. The van der Waals surface area contributed by atoms with E-state index in [4.69, 9.17) is 0 Å². The van der Waals surface area contributed by atoms with Gasteiger partial charge in [-0.05, 0) is 25.0 Å². The fraction of sp³-hybridized carbons (Fsp3) is 0.333. The van der Waals surface area contributed by atoms with E-state index in [2.05, 4.69) is 14.7 Å². The maximum Gasteiger partial charge on any atom is 0.311 e. The number of ether oxygens (including phenoxy) is 1. The topological polar surface area (TPSA) is 92.4 Å². The van der Waals surface area contributed by atoms with Crippen molar-refractivity contribution >= 4 is 29.3 Å². The highest BCUT2D eigenvalue weighted by Crippen LogP contribution is 2.32. The van der Waals surface area contributed by atoms with E-state index in [1.165, 1.54) is 13.2 Å². The van der Waals surface area contributed by atoms with Gasteiger partial charge in [0.1, 0.15) is 0 Å². The van der Waals surface area contributed by atoms with Crippen LogP contribution in [-0.2, 0) is 27.2 Å². The zero-order chi connectivity index (χ0) is 18.7. The number of carbonyl (C=O) groups is 2. The molecule has 0 aliphatic carbocycles. The number of aromatic amines is 1. The molecule has 1 aromatic heterocycles. The van der Waals surface area contributed by atoms with E-state index in [9.17, 15) is 14.4 Å². The Bertz CT molecular complexity index is 896. The molecule has 0 radical (unpaired) electrons. The number of benzene rings is 1. The quantitative estimate of drug-likeness (QED) is 0.486. The number of amides is 1. The van der Waals surface area contributed by atoms with Gasteiger partial charge in [0.15, 0.2) is 5.16 Å². The predicted molar refractivity (Wildman–Crippen MR) is 98.4 cm³/mol. The minimum absolute atomic E-state index is 0.0477. The van der Waals surface area contributed by atoms with Crippen molar-refractivity contribution in [1.82, 2.24) is 9.97 Å². The lowest BCUT2D eigenvalue weighted by molar-refractivity contribution is -0.139. The SMILES string of the molecule is COC(=O)Cc1cc(=O)[nH]c(SCC(=O)N2c3ccccc3C[C@H]2C)n1. The summed E-state index contributed by atoms with van der Waals surface area (Å²) in [7, 11) is 1.28. The highest BCUT2D eigenvalue weighted by atomic mass is 32.2. The zero-order valence-electron chi connectivity index (χ0n) is 14.5. The Morgan fingerprint density at radius 2 is 2.15 bits per heavy atom. The molecule has 2 aromatic rings. The molecule has 2 heterocycles. The Labute approximate surface area is 154 Å². The van der Waals surface area contributed by atoms with Crippen LogP contribution in [0.2, 0.25) is 0 Å². The molecule has 0 saturated carbocycles. The van der Waals surface area contributed by atoms with E-state index in [-0.39, 0.29) is 29.7 Å². The van der Waals surface area contributed by atoms with Crippen LogP contribution in [-0.4, -0.2) is 40.7 Å². The maximum atomic E-state index is 12.7. The third-order valence-corrected chi connectivity index (χ3v) is 4.99. The Hall–Kier alpha value is -2.61. The van der Waals surface area contributed by atoms with Gasteiger partial charge in [0, 0.05) is 17.8 Å². The molecule has 0 fully saturated rings. The standard InChI is InChI=1S/C18H19N3O4S/c1-11-7-12-5-3-4-6-14(12)21(11)16(23)10-26-18-19-13(8-15(22)20-18)9-17(24)25-2/h3-6,8,11H,7,9-10H2,1-2H3,(H,19,20,22)/t11-/m1/s1. The molecule has 0 spiro atoms. The van der Waals surface area contributed by atoms with Gasteiger partial charge in [0.2, 0.25) is 5.91 Å². The number of hydrogen-bond donors (Lipinski definition) is 1. The molecule has 0 unspecified atom stereocenters. The van der Waals surface area contributed by atoms with E-state index >= 15 is 0 Å². The highest BCUT2D eigenvalue weighted by molar-refractivity contribution is 7.99. The lowest BCUT2D eigenvalue weighted by atomic mass is 10.1. The van der Waals surface area contributed by atoms with Crippen molar-refractivity contribution in [3.8, 4) is 0 Å². The number of fused-ring (bicyclic) bond motifs is 1. The van der Waals surface area contributed by atoms with Gasteiger partial charge in [-0.1, -0.05) is 30.0 Å². The van der Waals surface area contributed by atoms with Gasteiger partial charge in [-0.25, -0.2) is 4.98 Å². The van der Waals surface area contributed by atoms with E-state index in [1.807, 2.05) is 31.2 Å². The third kappa shape index (κ3) is 3.96. The van der Waals surface area contributed by atoms with Crippen molar-refractivity contribution in [1.29, 1.82) is 0 Å². The monoisotopic (exact) mass is 373 g/mol. The summed E-state index contributed by atoms with van der Waals surface area (Å²) in [5.74, 6) is -0.380. The van der Waals surface area contributed by atoms with Crippen LogP contribution in [0, 0.1) is 0 Å². The Morgan fingerprint density at radius 1 is 1.38 bits per heavy atom. The molecule has 7 nitrogen and oxygen atoms in total. The normalized spacial score (nSPS) is 15.6. The minimum Gasteiger partial charge on any atom is -0.469 e. The molecule has 1 amide bonds. The number of methoxy groups -OCH3 is 1. The van der Waals surface area contributed by atoms with Gasteiger partial charge < -0.3 is 14.6 Å². The fourth-order valence-corrected chi connectivity index (χ4v) is 3.76. The Kier molecular flexibility index (Phi) is 5.41. The van der Waals surface area contributed by atoms with Crippen molar-refractivity contribution in [3.63, 3.8) is 0 Å². The summed E-state index contributed by atoms with van der Waals surface area (Å²) in [5.41, 5.74) is 2.04. The zero-order valence-corrected chi connectivity index (χ0v) is 15.3. The van der Waals surface area contributed by atoms with E-state index in [0.717, 1.165) is 29.4 Å². The second-order valence-electron chi connectivity index (χ2n) is 6.03. The molecule has 1 aliphatic rings. The van der Waals surface area contributed by atoms with Gasteiger partial charge in [0.05, 0.1) is 25.0 Å². The Balaban J connectivity index is 1.70. The lowest BCUT2D eigenvalue weighted by Crippen LogP contribution is -2.37. The van der Waals surface area contributed by atoms with Crippen molar-refractivity contribution in [3.05, 3.63) is 51.9 Å². The second-order valence-corrected chi connectivity index (χ2v) is 6.99. The highest BCUT2D eigenvalue weighted by Gasteiger charge is 2.30. The number of nitrogens with zero attached hydrogens (tertiary/aromatic N) is 2. The smallest absolute Gasteiger partial charge is 0.311 e. The number of anilines is 1. The van der Waals surface area contributed by atoms with Crippen LogP contribution >= 0.6 is 11.8 Å². The summed E-state index contributed by atoms with van der Waals surface area (Å²) >= 11 is 1.15. The van der Waals surface area contributed by atoms with Crippen LogP contribution in [0.25, 0.3) is 0 Å². The number of H-pyrrole nitrogens is 1. The average Bonchev–Trinajstić information content (AvgIpc) is 2.95. The van der Waals surface area contributed by atoms with Crippen LogP contribution < -0.4 is 10.5 Å². The first kappa shape index (κ1) is 18.2. The predicted octanol–water partition coefficient (Wildman–Crippen LogP) is 1.56. The molecule has 0 bridgehead atoms. The summed E-state index contributed by atoms with van der Waals surface area (Å²) < 4.78 is 4.59. The second kappa shape index (κ2) is 7.74. The van der Waals surface area contributed by atoms with E-state index < -0.39 is 5.97 Å². The van der Waals surface area contributed by atoms with E-state index in [0.29, 0.717) is 10.9 Å². The average molecular weight is 373 g/mol. The molecule has 1 atom stereocenters. The fourth-order valence-electron chi connectivity index (χ4n) is 3.01. The van der Waals surface area contributed by atoms with Crippen molar-refractivity contribution in [2.75, 3.05) is 17.8 Å². The molecule has 8 heteroatoms. The number of para-hydroxylation sites is 1. The van der Waals surface area contributed by atoms with Crippen molar-refractivity contribution in [2.45, 2.75) is 31.0 Å². The number of nitrogens with one attached hydrogen (secondary N) is 1. The van der Waals surface area contributed by atoms with Crippen LogP contribution in [0.3, 0.4) is 0 Å². The van der Waals surface area contributed by atoms with Crippen LogP contribution in [0.5, 0.6) is 0 Å². The number of esters is 1. The first-order valence-electron chi connectivity index (χ1n) is 8.17. The first-order valence-corrected chi connectivity index (χ1v) is 9.16. The summed E-state index contributed by atoms with van der Waals surface area (Å²) in [6.07, 6.45) is 0.745. The number of aromatic nitrogens is 2. The van der Waals surface area contributed by atoms with Gasteiger partial charge in [0.25, 0.3) is 5.56 Å². The minimum atomic E-state index is -0.474.